The molecule has 0 aliphatic heterocycles. The second-order valence-electron chi connectivity index (χ2n) is 3.80. The number of nitrogens with zero attached hydrogens (tertiary/aromatic N) is 5. The summed E-state index contributed by atoms with van der Waals surface area (Å²) in [6.07, 6.45) is 5.05. The van der Waals surface area contributed by atoms with Crippen molar-refractivity contribution < 1.29 is 4.74 Å². The fourth-order valence-electron chi connectivity index (χ4n) is 1.76. The molecule has 0 unspecified atom stereocenters. The minimum atomic E-state index is 0.567. The average molecular weight is 253 g/mol. The topological polar surface area (TPSA) is 65.7 Å². The Kier molecular flexibility index (Phi) is 2.89. The van der Waals surface area contributed by atoms with Gasteiger partial charge in [0.1, 0.15) is 5.69 Å². The molecule has 0 bridgehead atoms. The number of hydrogen-bond acceptors (Lipinski definition) is 5. The Hall–Kier alpha value is -2.76. The number of pyridine rings is 1. The van der Waals surface area contributed by atoms with Gasteiger partial charge in [0, 0.05) is 12.3 Å². The van der Waals surface area contributed by atoms with Crippen LogP contribution in [0.4, 0.5) is 0 Å². The summed E-state index contributed by atoms with van der Waals surface area (Å²) in [4.78, 5) is 4.17. The third-order valence-corrected chi connectivity index (χ3v) is 2.65. The Labute approximate surface area is 109 Å². The maximum absolute atomic E-state index is 5.04. The molecule has 0 aromatic carbocycles. The summed E-state index contributed by atoms with van der Waals surface area (Å²) >= 11 is 0. The minimum Gasteiger partial charge on any atom is -0.481 e. The summed E-state index contributed by atoms with van der Waals surface area (Å²) < 4.78 is 6.80. The van der Waals surface area contributed by atoms with Crippen LogP contribution in [-0.4, -0.2) is 32.1 Å². The van der Waals surface area contributed by atoms with Gasteiger partial charge in [0.15, 0.2) is 0 Å². The number of rotatable bonds is 3. The van der Waals surface area contributed by atoms with Gasteiger partial charge in [-0.25, -0.2) is 9.67 Å². The molecule has 6 nitrogen and oxygen atoms in total. The zero-order valence-electron chi connectivity index (χ0n) is 10.3. The van der Waals surface area contributed by atoms with Crippen LogP contribution >= 0.6 is 0 Å². The van der Waals surface area contributed by atoms with E-state index in [0.29, 0.717) is 5.88 Å². The zero-order valence-corrected chi connectivity index (χ0v) is 10.3. The van der Waals surface area contributed by atoms with Crippen molar-refractivity contribution in [3.05, 3.63) is 48.9 Å². The third-order valence-electron chi connectivity index (χ3n) is 2.65. The second kappa shape index (κ2) is 4.85. The van der Waals surface area contributed by atoms with Gasteiger partial charge in [-0.3, -0.25) is 0 Å². The van der Waals surface area contributed by atoms with Crippen molar-refractivity contribution in [1.82, 2.24) is 25.0 Å². The first kappa shape index (κ1) is 11.3. The van der Waals surface area contributed by atoms with Crippen molar-refractivity contribution in [2.24, 2.45) is 0 Å². The van der Waals surface area contributed by atoms with Crippen LogP contribution in [0, 0.1) is 0 Å². The number of methoxy groups -OCH3 is 1. The second-order valence-corrected chi connectivity index (χ2v) is 3.80. The monoisotopic (exact) mass is 253 g/mol. The molecule has 0 amide bonds. The zero-order chi connectivity index (χ0) is 13.1. The van der Waals surface area contributed by atoms with Crippen molar-refractivity contribution in [2.45, 2.75) is 0 Å². The lowest BCUT2D eigenvalue weighted by molar-refractivity contribution is 0.397. The van der Waals surface area contributed by atoms with E-state index in [1.165, 1.54) is 0 Å². The molecule has 0 aliphatic carbocycles. The Balaban J connectivity index is 2.04. The lowest BCUT2D eigenvalue weighted by Crippen LogP contribution is -2.01. The molecule has 0 spiro atoms. The van der Waals surface area contributed by atoms with Crippen LogP contribution in [0.1, 0.15) is 0 Å². The first-order valence-corrected chi connectivity index (χ1v) is 5.71. The van der Waals surface area contributed by atoms with E-state index in [2.05, 4.69) is 20.3 Å². The molecule has 0 fully saturated rings. The van der Waals surface area contributed by atoms with Crippen LogP contribution in [-0.2, 0) is 0 Å². The Bertz CT molecular complexity index is 663. The normalized spacial score (nSPS) is 10.4. The molecule has 19 heavy (non-hydrogen) atoms. The van der Waals surface area contributed by atoms with Crippen LogP contribution in [0.3, 0.4) is 0 Å². The van der Waals surface area contributed by atoms with Gasteiger partial charge in [0.2, 0.25) is 5.88 Å². The van der Waals surface area contributed by atoms with Crippen molar-refractivity contribution in [1.29, 1.82) is 0 Å². The fraction of sp³-hybridized carbons (Fsp3) is 0.0769. The summed E-state index contributed by atoms with van der Waals surface area (Å²) in [6, 6.07) is 9.29. The molecule has 0 saturated heterocycles. The highest BCUT2D eigenvalue weighted by atomic mass is 16.5. The minimum absolute atomic E-state index is 0.567. The summed E-state index contributed by atoms with van der Waals surface area (Å²) in [5.41, 5.74) is 2.46. The summed E-state index contributed by atoms with van der Waals surface area (Å²) in [5.74, 6) is 0.567. The number of ether oxygens (including phenoxy) is 1. The van der Waals surface area contributed by atoms with Crippen molar-refractivity contribution in [3.8, 4) is 23.0 Å². The van der Waals surface area contributed by atoms with E-state index in [1.54, 1.807) is 36.4 Å². The molecule has 6 heteroatoms. The van der Waals surface area contributed by atoms with Crippen molar-refractivity contribution >= 4 is 0 Å². The quantitative estimate of drug-likeness (QED) is 0.711. The highest BCUT2D eigenvalue weighted by Crippen LogP contribution is 2.20. The van der Waals surface area contributed by atoms with Crippen LogP contribution in [0.15, 0.2) is 48.9 Å². The first-order chi connectivity index (χ1) is 9.38. The van der Waals surface area contributed by atoms with Gasteiger partial charge in [-0.05, 0) is 24.3 Å². The average Bonchev–Trinajstić information content (AvgIpc) is 2.98. The lowest BCUT2D eigenvalue weighted by atomic mass is 10.3. The van der Waals surface area contributed by atoms with Crippen molar-refractivity contribution in [3.63, 3.8) is 0 Å². The Morgan fingerprint density at radius 3 is 2.74 bits per heavy atom. The summed E-state index contributed by atoms with van der Waals surface area (Å²) in [7, 11) is 1.58. The predicted octanol–water partition coefficient (Wildman–Crippen LogP) is 1.73. The van der Waals surface area contributed by atoms with Crippen LogP contribution in [0.2, 0.25) is 0 Å². The largest absolute Gasteiger partial charge is 0.481 e. The van der Waals surface area contributed by atoms with Gasteiger partial charge in [-0.15, -0.1) is 5.10 Å². The highest BCUT2D eigenvalue weighted by Gasteiger charge is 2.09. The standard InChI is InChI=1S/C13H11N5O/c1-19-13-5-4-10(9-14-13)18-12(6-8-16-18)11-3-2-7-15-17-11/h2-9H,1H3. The SMILES string of the molecule is COc1ccc(-n2nccc2-c2cccnn2)cn1. The molecule has 0 N–H and O–H groups in total. The fourth-order valence-corrected chi connectivity index (χ4v) is 1.76. The van der Waals surface area contributed by atoms with Crippen LogP contribution in [0.25, 0.3) is 17.1 Å². The van der Waals surface area contributed by atoms with E-state index < -0.39 is 0 Å². The highest BCUT2D eigenvalue weighted by molar-refractivity contribution is 5.56. The molecule has 0 atom stereocenters. The smallest absolute Gasteiger partial charge is 0.213 e. The summed E-state index contributed by atoms with van der Waals surface area (Å²) in [5, 5.41) is 12.2. The number of hydrogen-bond donors (Lipinski definition) is 0. The summed E-state index contributed by atoms with van der Waals surface area (Å²) in [6.45, 7) is 0. The molecule has 0 aliphatic rings. The van der Waals surface area contributed by atoms with E-state index in [9.17, 15) is 0 Å². The Morgan fingerprint density at radius 1 is 1.11 bits per heavy atom. The maximum atomic E-state index is 5.04. The van der Waals surface area contributed by atoms with Crippen molar-refractivity contribution in [2.75, 3.05) is 7.11 Å². The molecule has 3 heterocycles. The molecule has 3 aromatic heterocycles. The van der Waals surface area contributed by atoms with E-state index in [1.807, 2.05) is 24.3 Å². The lowest BCUT2D eigenvalue weighted by Gasteiger charge is -2.06. The molecule has 94 valence electrons. The van der Waals surface area contributed by atoms with Gasteiger partial charge in [0.25, 0.3) is 0 Å². The van der Waals surface area contributed by atoms with Crippen LogP contribution < -0.4 is 4.74 Å². The Morgan fingerprint density at radius 2 is 2.05 bits per heavy atom. The van der Waals surface area contributed by atoms with E-state index in [4.69, 9.17) is 4.74 Å². The molecule has 0 radical (unpaired) electrons. The first-order valence-electron chi connectivity index (χ1n) is 5.71. The molecule has 3 aromatic rings. The maximum Gasteiger partial charge on any atom is 0.213 e. The van der Waals surface area contributed by atoms with Gasteiger partial charge < -0.3 is 4.74 Å². The van der Waals surface area contributed by atoms with Crippen LogP contribution in [0.5, 0.6) is 5.88 Å². The van der Waals surface area contributed by atoms with Gasteiger partial charge in [-0.1, -0.05) is 0 Å². The van der Waals surface area contributed by atoms with E-state index >= 15 is 0 Å². The molecular weight excluding hydrogens is 242 g/mol. The van der Waals surface area contributed by atoms with Gasteiger partial charge in [0.05, 0.1) is 30.9 Å². The molecule has 0 saturated carbocycles. The molecular formula is C13H11N5O. The molecule has 3 rings (SSSR count). The predicted molar refractivity (Wildman–Crippen MR) is 68.9 cm³/mol. The third kappa shape index (κ3) is 2.15. The van der Waals surface area contributed by atoms with E-state index in [-0.39, 0.29) is 0 Å². The number of aromatic nitrogens is 5. The van der Waals surface area contributed by atoms with Gasteiger partial charge in [-0.2, -0.15) is 10.2 Å². The van der Waals surface area contributed by atoms with Gasteiger partial charge >= 0.3 is 0 Å². The van der Waals surface area contributed by atoms with E-state index in [0.717, 1.165) is 17.1 Å².